The third-order valence-electron chi connectivity index (χ3n) is 3.44. The SMILES string of the molecule is O=C(O)C(n1nnc2ccccc21)n1nnc2ccccc21. The summed E-state index contributed by atoms with van der Waals surface area (Å²) in [5.41, 5.74) is 2.49. The maximum Gasteiger partial charge on any atom is 0.351 e. The summed E-state index contributed by atoms with van der Waals surface area (Å²) in [6, 6.07) is 14.3. The lowest BCUT2D eigenvalue weighted by Gasteiger charge is -2.13. The Morgan fingerprint density at radius 2 is 1.32 bits per heavy atom. The molecule has 0 radical (unpaired) electrons. The number of para-hydroxylation sites is 2. The van der Waals surface area contributed by atoms with E-state index >= 15 is 0 Å². The fourth-order valence-corrected chi connectivity index (χ4v) is 2.45. The molecule has 0 bridgehead atoms. The van der Waals surface area contributed by atoms with E-state index in [2.05, 4.69) is 20.6 Å². The van der Waals surface area contributed by atoms with E-state index in [0.717, 1.165) is 0 Å². The van der Waals surface area contributed by atoms with Gasteiger partial charge in [-0.2, -0.15) is 0 Å². The molecule has 0 amide bonds. The van der Waals surface area contributed by atoms with Crippen molar-refractivity contribution in [3.63, 3.8) is 0 Å². The van der Waals surface area contributed by atoms with Crippen LogP contribution in [-0.4, -0.2) is 41.1 Å². The molecule has 4 aromatic rings. The number of aliphatic carboxylic acids is 1. The Balaban J connectivity index is 1.97. The first kappa shape index (κ1) is 12.5. The normalized spacial score (nSPS) is 11.5. The lowest BCUT2D eigenvalue weighted by molar-refractivity contribution is -0.142. The third-order valence-corrected chi connectivity index (χ3v) is 3.44. The molecule has 8 nitrogen and oxygen atoms in total. The maximum absolute atomic E-state index is 11.8. The van der Waals surface area contributed by atoms with E-state index in [9.17, 15) is 9.90 Å². The summed E-state index contributed by atoms with van der Waals surface area (Å²) in [6.45, 7) is 0. The minimum atomic E-state index is -1.15. The van der Waals surface area contributed by atoms with Crippen LogP contribution in [0.2, 0.25) is 0 Å². The molecule has 0 spiro atoms. The molecule has 0 saturated carbocycles. The molecule has 0 saturated heterocycles. The average Bonchev–Trinajstić information content (AvgIpc) is 3.13. The fourth-order valence-electron chi connectivity index (χ4n) is 2.45. The highest BCUT2D eigenvalue weighted by molar-refractivity contribution is 5.81. The molecule has 4 rings (SSSR count). The number of fused-ring (bicyclic) bond motifs is 2. The van der Waals surface area contributed by atoms with Crippen molar-refractivity contribution in [3.05, 3.63) is 48.5 Å². The minimum Gasteiger partial charge on any atom is -0.478 e. The van der Waals surface area contributed by atoms with Gasteiger partial charge in [0.1, 0.15) is 11.0 Å². The number of carboxylic acids is 1. The van der Waals surface area contributed by atoms with Crippen LogP contribution in [0.15, 0.2) is 48.5 Å². The Morgan fingerprint density at radius 1 is 0.864 bits per heavy atom. The highest BCUT2D eigenvalue weighted by atomic mass is 16.4. The molecule has 0 atom stereocenters. The molecule has 0 aliphatic heterocycles. The van der Waals surface area contributed by atoms with Crippen molar-refractivity contribution in [1.29, 1.82) is 0 Å². The van der Waals surface area contributed by atoms with Crippen LogP contribution in [0.3, 0.4) is 0 Å². The first-order valence-electron chi connectivity index (χ1n) is 6.58. The van der Waals surface area contributed by atoms with Crippen LogP contribution in [0.4, 0.5) is 0 Å². The highest BCUT2D eigenvalue weighted by Crippen LogP contribution is 2.20. The topological polar surface area (TPSA) is 98.7 Å². The van der Waals surface area contributed by atoms with Crippen molar-refractivity contribution < 1.29 is 9.90 Å². The molecule has 22 heavy (non-hydrogen) atoms. The number of hydrogen-bond acceptors (Lipinski definition) is 5. The lowest BCUT2D eigenvalue weighted by Crippen LogP contribution is -2.28. The van der Waals surface area contributed by atoms with E-state index < -0.39 is 12.1 Å². The lowest BCUT2D eigenvalue weighted by atomic mass is 10.3. The van der Waals surface area contributed by atoms with E-state index in [-0.39, 0.29) is 0 Å². The summed E-state index contributed by atoms with van der Waals surface area (Å²) in [6.07, 6.45) is -1.15. The Bertz CT molecular complexity index is 915. The van der Waals surface area contributed by atoms with Gasteiger partial charge in [0.25, 0.3) is 0 Å². The zero-order chi connectivity index (χ0) is 15.1. The summed E-state index contributed by atoms with van der Waals surface area (Å²) in [7, 11) is 0. The number of hydrogen-bond donors (Lipinski definition) is 1. The Morgan fingerprint density at radius 3 is 1.77 bits per heavy atom. The second kappa shape index (κ2) is 4.62. The molecular weight excluding hydrogens is 284 g/mol. The van der Waals surface area contributed by atoms with Crippen molar-refractivity contribution >= 4 is 28.0 Å². The van der Waals surface area contributed by atoms with Crippen LogP contribution in [0.25, 0.3) is 22.1 Å². The molecule has 0 aliphatic rings. The third kappa shape index (κ3) is 1.74. The van der Waals surface area contributed by atoms with Crippen molar-refractivity contribution in [2.24, 2.45) is 0 Å². The van der Waals surface area contributed by atoms with Crippen molar-refractivity contribution in [2.75, 3.05) is 0 Å². The molecule has 0 aliphatic carbocycles. The van der Waals surface area contributed by atoms with Crippen LogP contribution in [0.1, 0.15) is 6.17 Å². The molecule has 108 valence electrons. The summed E-state index contributed by atoms with van der Waals surface area (Å²) in [5, 5.41) is 25.6. The van der Waals surface area contributed by atoms with E-state index in [4.69, 9.17) is 0 Å². The zero-order valence-electron chi connectivity index (χ0n) is 11.2. The van der Waals surface area contributed by atoms with E-state index in [1.807, 2.05) is 12.1 Å². The predicted octanol–water partition coefficient (Wildman–Crippen LogP) is 1.31. The standard InChI is InChI=1S/C14H10N6O2/c21-14(22)13(19-11-7-3-1-5-9(11)15-17-19)20-12-8-4-2-6-10(12)16-18-20/h1-8,13H,(H,21,22). The molecule has 1 N–H and O–H groups in total. The molecule has 0 fully saturated rings. The van der Waals surface area contributed by atoms with Crippen LogP contribution in [0, 0.1) is 0 Å². The van der Waals surface area contributed by atoms with Gasteiger partial charge in [0.15, 0.2) is 0 Å². The smallest absolute Gasteiger partial charge is 0.351 e. The monoisotopic (exact) mass is 294 g/mol. The number of nitrogens with zero attached hydrogens (tertiary/aromatic N) is 6. The van der Waals surface area contributed by atoms with Gasteiger partial charge < -0.3 is 5.11 Å². The second-order valence-corrected chi connectivity index (χ2v) is 4.76. The molecule has 0 unspecified atom stereocenters. The number of rotatable bonds is 3. The predicted molar refractivity (Wildman–Crippen MR) is 77.1 cm³/mol. The Kier molecular flexibility index (Phi) is 2.62. The van der Waals surface area contributed by atoms with Crippen LogP contribution >= 0.6 is 0 Å². The van der Waals surface area contributed by atoms with Crippen molar-refractivity contribution in [1.82, 2.24) is 30.0 Å². The van der Waals surface area contributed by atoms with Gasteiger partial charge in [-0.1, -0.05) is 34.7 Å². The summed E-state index contributed by atoms with van der Waals surface area (Å²) >= 11 is 0. The number of carboxylic acid groups (broad SMARTS) is 1. The van der Waals surface area contributed by atoms with Gasteiger partial charge in [-0.25, -0.2) is 14.2 Å². The van der Waals surface area contributed by atoms with Crippen molar-refractivity contribution in [2.45, 2.75) is 6.17 Å². The maximum atomic E-state index is 11.8. The van der Waals surface area contributed by atoms with Gasteiger partial charge in [0.05, 0.1) is 11.0 Å². The Hall–Kier alpha value is -3.29. The number of carbonyl (C=O) groups is 1. The number of aromatic nitrogens is 6. The van der Waals surface area contributed by atoms with Crippen molar-refractivity contribution in [3.8, 4) is 0 Å². The van der Waals surface area contributed by atoms with Gasteiger partial charge in [-0.05, 0) is 24.3 Å². The fraction of sp³-hybridized carbons (Fsp3) is 0.0714. The molecule has 8 heteroatoms. The van der Waals surface area contributed by atoms with Crippen LogP contribution in [-0.2, 0) is 4.79 Å². The first-order chi connectivity index (χ1) is 10.8. The number of benzene rings is 2. The van der Waals surface area contributed by atoms with E-state index in [0.29, 0.717) is 22.1 Å². The quantitative estimate of drug-likeness (QED) is 0.611. The second-order valence-electron chi connectivity index (χ2n) is 4.76. The van der Waals surface area contributed by atoms with Gasteiger partial charge in [0.2, 0.25) is 6.17 Å². The minimum absolute atomic E-state index is 0.620. The molecule has 2 aromatic carbocycles. The summed E-state index contributed by atoms with van der Waals surface area (Å²) < 4.78 is 2.66. The van der Waals surface area contributed by atoms with Gasteiger partial charge in [0, 0.05) is 0 Å². The first-order valence-corrected chi connectivity index (χ1v) is 6.58. The average molecular weight is 294 g/mol. The van der Waals surface area contributed by atoms with Crippen LogP contribution in [0.5, 0.6) is 0 Å². The zero-order valence-corrected chi connectivity index (χ0v) is 11.2. The largest absolute Gasteiger partial charge is 0.478 e. The van der Waals surface area contributed by atoms with Crippen LogP contribution < -0.4 is 0 Å². The molecule has 2 aromatic heterocycles. The molecular formula is C14H10N6O2. The van der Waals surface area contributed by atoms with E-state index in [1.54, 1.807) is 36.4 Å². The van der Waals surface area contributed by atoms with Gasteiger partial charge in [-0.3, -0.25) is 0 Å². The van der Waals surface area contributed by atoms with Gasteiger partial charge >= 0.3 is 5.97 Å². The van der Waals surface area contributed by atoms with Gasteiger partial charge in [-0.15, -0.1) is 10.2 Å². The summed E-state index contributed by atoms with van der Waals surface area (Å²) in [5.74, 6) is -1.09. The highest BCUT2D eigenvalue weighted by Gasteiger charge is 2.27. The summed E-state index contributed by atoms with van der Waals surface area (Å²) in [4.78, 5) is 11.8. The van der Waals surface area contributed by atoms with E-state index in [1.165, 1.54) is 9.36 Å². The Labute approximate surface area is 123 Å². The molecule has 2 heterocycles.